The molecule has 0 spiro atoms. The van der Waals surface area contributed by atoms with E-state index in [1.54, 1.807) is 35.4 Å². The van der Waals surface area contributed by atoms with Gasteiger partial charge in [0.2, 0.25) is 0 Å². The van der Waals surface area contributed by atoms with Crippen LogP contribution < -0.4 is 5.32 Å². The Labute approximate surface area is 154 Å². The summed E-state index contributed by atoms with van der Waals surface area (Å²) in [5.74, 6) is 0.234. The van der Waals surface area contributed by atoms with E-state index in [0.29, 0.717) is 22.2 Å². The molecule has 4 aromatic rings. The van der Waals surface area contributed by atoms with Gasteiger partial charge in [-0.2, -0.15) is 5.10 Å². The van der Waals surface area contributed by atoms with E-state index < -0.39 is 0 Å². The number of hydrogen-bond acceptors (Lipinski definition) is 4. The molecule has 0 aliphatic carbocycles. The lowest BCUT2D eigenvalue weighted by Gasteiger charge is -2.08. The Bertz CT molecular complexity index is 1030. The van der Waals surface area contributed by atoms with E-state index >= 15 is 0 Å². The molecule has 3 heterocycles. The van der Waals surface area contributed by atoms with Gasteiger partial charge in [-0.05, 0) is 30.3 Å². The van der Waals surface area contributed by atoms with Crippen LogP contribution in [-0.4, -0.2) is 20.7 Å². The van der Waals surface area contributed by atoms with Gasteiger partial charge in [-0.25, -0.2) is 9.67 Å². The Morgan fingerprint density at radius 3 is 2.65 bits per heavy atom. The number of rotatable bonds is 4. The minimum Gasteiger partial charge on any atom is -0.472 e. The van der Waals surface area contributed by atoms with Crippen LogP contribution in [0, 0.1) is 0 Å². The van der Waals surface area contributed by atoms with Crippen LogP contribution in [0.2, 0.25) is 5.15 Å². The molecule has 1 amide bonds. The quantitative estimate of drug-likeness (QED) is 0.543. The van der Waals surface area contributed by atoms with E-state index in [0.717, 1.165) is 11.3 Å². The highest BCUT2D eigenvalue weighted by molar-refractivity contribution is 6.29. The third kappa shape index (κ3) is 3.22. The zero-order valence-corrected chi connectivity index (χ0v) is 14.2. The molecule has 0 fully saturated rings. The average molecular weight is 365 g/mol. The summed E-state index contributed by atoms with van der Waals surface area (Å²) in [7, 11) is 0. The lowest BCUT2D eigenvalue weighted by Crippen LogP contribution is -2.15. The number of hydrogen-bond donors (Lipinski definition) is 1. The van der Waals surface area contributed by atoms with Crippen LogP contribution in [0.4, 0.5) is 5.82 Å². The fourth-order valence-corrected chi connectivity index (χ4v) is 2.60. The fourth-order valence-electron chi connectivity index (χ4n) is 2.49. The number of para-hydroxylation sites is 1. The van der Waals surface area contributed by atoms with Crippen molar-refractivity contribution in [1.29, 1.82) is 0 Å². The molecular weight excluding hydrogens is 352 g/mol. The van der Waals surface area contributed by atoms with E-state index in [9.17, 15) is 4.79 Å². The number of benzene rings is 1. The maximum Gasteiger partial charge on any atom is 0.258 e. The Balaban J connectivity index is 1.72. The summed E-state index contributed by atoms with van der Waals surface area (Å²) in [4.78, 5) is 16.5. The molecule has 128 valence electrons. The number of carbonyl (C=O) groups excluding carboxylic acids is 1. The number of halogens is 1. The zero-order valence-electron chi connectivity index (χ0n) is 13.5. The SMILES string of the molecule is O=C(Nc1cc(-c2ccoc2)nn1-c1ccccc1)c1ccc(Cl)nc1. The molecule has 1 aromatic carbocycles. The predicted octanol–water partition coefficient (Wildman–Crippen LogP) is 4.43. The van der Waals surface area contributed by atoms with Crippen LogP contribution in [0.3, 0.4) is 0 Å². The van der Waals surface area contributed by atoms with Gasteiger partial charge in [-0.1, -0.05) is 29.8 Å². The first-order valence-electron chi connectivity index (χ1n) is 7.82. The standard InChI is InChI=1S/C19H13ClN4O2/c20-17-7-6-13(11-21-17)19(25)22-18-10-16(14-8-9-26-12-14)23-24(18)15-4-2-1-3-5-15/h1-12H,(H,22,25). The number of pyridine rings is 1. The van der Waals surface area contributed by atoms with Crippen molar-refractivity contribution in [3.63, 3.8) is 0 Å². The Morgan fingerprint density at radius 2 is 1.96 bits per heavy atom. The number of furan rings is 1. The number of aromatic nitrogens is 3. The molecule has 0 saturated carbocycles. The second kappa shape index (κ2) is 6.85. The first-order chi connectivity index (χ1) is 12.7. The van der Waals surface area contributed by atoms with Crippen LogP contribution >= 0.6 is 11.6 Å². The van der Waals surface area contributed by atoms with Gasteiger partial charge in [0.25, 0.3) is 5.91 Å². The molecule has 0 aliphatic rings. The molecule has 26 heavy (non-hydrogen) atoms. The molecule has 3 aromatic heterocycles. The van der Waals surface area contributed by atoms with Gasteiger partial charge < -0.3 is 9.73 Å². The van der Waals surface area contributed by atoms with Crippen LogP contribution in [0.5, 0.6) is 0 Å². The molecule has 1 N–H and O–H groups in total. The molecule has 0 atom stereocenters. The zero-order chi connectivity index (χ0) is 17.9. The minimum absolute atomic E-state index is 0.301. The van der Waals surface area contributed by atoms with Crippen molar-refractivity contribution in [2.75, 3.05) is 5.32 Å². The molecule has 6 nitrogen and oxygen atoms in total. The predicted molar refractivity (Wildman–Crippen MR) is 98.5 cm³/mol. The molecule has 0 radical (unpaired) electrons. The average Bonchev–Trinajstić information content (AvgIpc) is 3.33. The summed E-state index contributed by atoms with van der Waals surface area (Å²) in [6.45, 7) is 0. The number of amides is 1. The Kier molecular flexibility index (Phi) is 4.25. The summed E-state index contributed by atoms with van der Waals surface area (Å²) < 4.78 is 6.80. The van der Waals surface area contributed by atoms with E-state index in [2.05, 4.69) is 15.4 Å². The number of nitrogens with zero attached hydrogens (tertiary/aromatic N) is 3. The first kappa shape index (κ1) is 16.1. The van der Waals surface area contributed by atoms with Gasteiger partial charge in [-0.3, -0.25) is 4.79 Å². The molecule has 0 aliphatic heterocycles. The van der Waals surface area contributed by atoms with Gasteiger partial charge in [0.15, 0.2) is 0 Å². The van der Waals surface area contributed by atoms with E-state index in [1.165, 1.54) is 6.20 Å². The third-order valence-electron chi connectivity index (χ3n) is 3.76. The van der Waals surface area contributed by atoms with Gasteiger partial charge in [0, 0.05) is 17.8 Å². The second-order valence-electron chi connectivity index (χ2n) is 5.50. The van der Waals surface area contributed by atoms with Crippen LogP contribution in [0.25, 0.3) is 16.9 Å². The van der Waals surface area contributed by atoms with Crippen molar-refractivity contribution in [3.05, 3.63) is 84.0 Å². The molecule has 4 rings (SSSR count). The molecule has 0 bridgehead atoms. The fraction of sp³-hybridized carbons (Fsp3) is 0. The van der Waals surface area contributed by atoms with Gasteiger partial charge >= 0.3 is 0 Å². The Hall–Kier alpha value is -3.38. The monoisotopic (exact) mass is 364 g/mol. The number of carbonyl (C=O) groups is 1. The van der Waals surface area contributed by atoms with Crippen molar-refractivity contribution in [3.8, 4) is 16.9 Å². The van der Waals surface area contributed by atoms with Crippen LogP contribution in [0.15, 0.2) is 77.7 Å². The second-order valence-corrected chi connectivity index (χ2v) is 5.89. The van der Waals surface area contributed by atoms with E-state index in [-0.39, 0.29) is 5.91 Å². The summed E-state index contributed by atoms with van der Waals surface area (Å²) in [5, 5.41) is 7.80. The lowest BCUT2D eigenvalue weighted by molar-refractivity contribution is 0.102. The van der Waals surface area contributed by atoms with Crippen molar-refractivity contribution >= 4 is 23.3 Å². The highest BCUT2D eigenvalue weighted by Gasteiger charge is 2.15. The van der Waals surface area contributed by atoms with Crippen LogP contribution in [0.1, 0.15) is 10.4 Å². The van der Waals surface area contributed by atoms with Gasteiger partial charge in [-0.15, -0.1) is 0 Å². The molecular formula is C19H13ClN4O2. The molecule has 7 heteroatoms. The maximum atomic E-state index is 12.6. The van der Waals surface area contributed by atoms with Crippen molar-refractivity contribution in [2.45, 2.75) is 0 Å². The number of nitrogens with one attached hydrogen (secondary N) is 1. The Morgan fingerprint density at radius 1 is 1.12 bits per heavy atom. The summed E-state index contributed by atoms with van der Waals surface area (Å²) in [6.07, 6.45) is 4.61. The normalized spacial score (nSPS) is 10.7. The largest absolute Gasteiger partial charge is 0.472 e. The molecule has 0 unspecified atom stereocenters. The lowest BCUT2D eigenvalue weighted by atomic mass is 10.2. The van der Waals surface area contributed by atoms with Crippen molar-refractivity contribution in [1.82, 2.24) is 14.8 Å². The van der Waals surface area contributed by atoms with E-state index in [4.69, 9.17) is 16.0 Å². The van der Waals surface area contributed by atoms with Gasteiger partial charge in [0.1, 0.15) is 11.0 Å². The van der Waals surface area contributed by atoms with Crippen LogP contribution in [-0.2, 0) is 0 Å². The first-order valence-corrected chi connectivity index (χ1v) is 8.19. The van der Waals surface area contributed by atoms with Gasteiger partial charge in [0.05, 0.1) is 29.5 Å². The van der Waals surface area contributed by atoms with Crippen molar-refractivity contribution < 1.29 is 9.21 Å². The maximum absolute atomic E-state index is 12.6. The van der Waals surface area contributed by atoms with Crippen molar-refractivity contribution in [2.24, 2.45) is 0 Å². The third-order valence-corrected chi connectivity index (χ3v) is 3.98. The summed E-state index contributed by atoms with van der Waals surface area (Å²) >= 11 is 5.78. The van der Waals surface area contributed by atoms with E-state index in [1.807, 2.05) is 36.4 Å². The highest BCUT2D eigenvalue weighted by Crippen LogP contribution is 2.25. The minimum atomic E-state index is -0.301. The summed E-state index contributed by atoms with van der Waals surface area (Å²) in [5.41, 5.74) is 2.74. The highest BCUT2D eigenvalue weighted by atomic mass is 35.5. The topological polar surface area (TPSA) is 73.0 Å². The molecule has 0 saturated heterocycles. The smallest absolute Gasteiger partial charge is 0.258 e. The summed E-state index contributed by atoms with van der Waals surface area (Å²) in [6, 6.07) is 16.3. The number of anilines is 1.